The second-order valence-corrected chi connectivity index (χ2v) is 6.15. The van der Waals surface area contributed by atoms with E-state index in [2.05, 4.69) is 61.6 Å². The first-order valence-corrected chi connectivity index (χ1v) is 7.39. The van der Waals surface area contributed by atoms with Crippen LogP contribution in [0.3, 0.4) is 0 Å². The highest BCUT2D eigenvalue weighted by atomic mass is 127. The molecule has 0 N–H and O–H groups in total. The first-order valence-electron chi connectivity index (χ1n) is 4.90. The standard InChI is InChI=1S/C11H17IOSi/c1-11(2,3)13-10-6-4-5-9(12)8(10)7-14/h4-6H,7H2,1-3,14H3. The summed E-state index contributed by atoms with van der Waals surface area (Å²) in [4.78, 5) is 0. The molecule has 0 aromatic heterocycles. The zero-order chi connectivity index (χ0) is 10.8. The molecule has 0 aliphatic rings. The van der Waals surface area contributed by atoms with Crippen molar-refractivity contribution in [1.29, 1.82) is 0 Å². The predicted octanol–water partition coefficient (Wildman–Crippen LogP) is 2.33. The summed E-state index contributed by atoms with van der Waals surface area (Å²) in [5.74, 6) is 1.06. The van der Waals surface area contributed by atoms with Crippen molar-refractivity contribution in [1.82, 2.24) is 0 Å². The van der Waals surface area contributed by atoms with Crippen molar-refractivity contribution in [3.8, 4) is 5.75 Å². The van der Waals surface area contributed by atoms with Crippen molar-refractivity contribution in [3.63, 3.8) is 0 Å². The molecule has 0 atom stereocenters. The third-order valence-electron chi connectivity index (χ3n) is 1.85. The molecule has 3 heteroatoms. The molecule has 0 saturated heterocycles. The highest BCUT2D eigenvalue weighted by Crippen LogP contribution is 2.26. The topological polar surface area (TPSA) is 9.23 Å². The van der Waals surface area contributed by atoms with Crippen molar-refractivity contribution >= 4 is 32.8 Å². The Morgan fingerprint density at radius 1 is 1.36 bits per heavy atom. The largest absolute Gasteiger partial charge is 0.488 e. The number of hydrogen-bond acceptors (Lipinski definition) is 1. The van der Waals surface area contributed by atoms with E-state index in [4.69, 9.17) is 4.74 Å². The van der Waals surface area contributed by atoms with E-state index in [9.17, 15) is 0 Å². The number of benzene rings is 1. The number of halogens is 1. The number of ether oxygens (including phenoxy) is 1. The van der Waals surface area contributed by atoms with Gasteiger partial charge in [0.05, 0.1) is 0 Å². The van der Waals surface area contributed by atoms with Gasteiger partial charge in [0, 0.05) is 19.4 Å². The Kier molecular flexibility index (Phi) is 4.01. The van der Waals surface area contributed by atoms with E-state index >= 15 is 0 Å². The average molecular weight is 320 g/mol. The molecule has 0 saturated carbocycles. The lowest BCUT2D eigenvalue weighted by Crippen LogP contribution is -2.23. The second-order valence-electron chi connectivity index (χ2n) is 4.28. The molecule has 0 fully saturated rings. The van der Waals surface area contributed by atoms with E-state index in [0.29, 0.717) is 0 Å². The van der Waals surface area contributed by atoms with Crippen LogP contribution >= 0.6 is 22.6 Å². The van der Waals surface area contributed by atoms with Gasteiger partial charge in [-0.2, -0.15) is 0 Å². The van der Waals surface area contributed by atoms with Gasteiger partial charge in [-0.15, -0.1) is 0 Å². The normalized spacial score (nSPS) is 11.7. The molecule has 78 valence electrons. The van der Waals surface area contributed by atoms with E-state index in [1.807, 2.05) is 0 Å². The lowest BCUT2D eigenvalue weighted by atomic mass is 10.1. The van der Waals surface area contributed by atoms with E-state index in [-0.39, 0.29) is 5.60 Å². The second kappa shape index (κ2) is 4.66. The molecule has 1 aromatic carbocycles. The molecule has 0 unspecified atom stereocenters. The van der Waals surface area contributed by atoms with Gasteiger partial charge in [-0.25, -0.2) is 0 Å². The Bertz CT molecular complexity index is 318. The lowest BCUT2D eigenvalue weighted by Gasteiger charge is -2.23. The van der Waals surface area contributed by atoms with Gasteiger partial charge in [0.1, 0.15) is 11.4 Å². The van der Waals surface area contributed by atoms with Gasteiger partial charge >= 0.3 is 0 Å². The zero-order valence-corrected chi connectivity index (χ0v) is 13.4. The van der Waals surface area contributed by atoms with Crippen LogP contribution in [0.5, 0.6) is 5.75 Å². The molecule has 0 radical (unpaired) electrons. The monoisotopic (exact) mass is 320 g/mol. The van der Waals surface area contributed by atoms with Gasteiger partial charge in [-0.05, 0) is 61.5 Å². The third-order valence-corrected chi connectivity index (χ3v) is 3.56. The van der Waals surface area contributed by atoms with Crippen LogP contribution in [-0.2, 0) is 6.04 Å². The van der Waals surface area contributed by atoms with Gasteiger partial charge in [0.25, 0.3) is 0 Å². The maximum absolute atomic E-state index is 5.92. The van der Waals surface area contributed by atoms with Crippen LogP contribution in [-0.4, -0.2) is 15.8 Å². The van der Waals surface area contributed by atoms with E-state index in [1.165, 1.54) is 19.4 Å². The summed E-state index contributed by atoms with van der Waals surface area (Å²) < 4.78 is 7.24. The van der Waals surface area contributed by atoms with Gasteiger partial charge in [-0.1, -0.05) is 6.07 Å². The smallest absolute Gasteiger partial charge is 0.124 e. The van der Waals surface area contributed by atoms with Gasteiger partial charge < -0.3 is 4.74 Å². The van der Waals surface area contributed by atoms with Crippen LogP contribution in [0.15, 0.2) is 18.2 Å². The highest BCUT2D eigenvalue weighted by molar-refractivity contribution is 14.1. The lowest BCUT2D eigenvalue weighted by molar-refractivity contribution is 0.129. The SMILES string of the molecule is CC(C)(C)Oc1cccc(I)c1C[SiH3]. The minimum absolute atomic E-state index is 0.101. The van der Waals surface area contributed by atoms with Crippen LogP contribution in [0.2, 0.25) is 0 Å². The van der Waals surface area contributed by atoms with E-state index < -0.39 is 0 Å². The van der Waals surface area contributed by atoms with Crippen molar-refractivity contribution in [2.75, 3.05) is 0 Å². The molecular weight excluding hydrogens is 303 g/mol. The van der Waals surface area contributed by atoms with Crippen LogP contribution in [0.4, 0.5) is 0 Å². The Morgan fingerprint density at radius 3 is 2.50 bits per heavy atom. The Hall–Kier alpha value is -0.0331. The van der Waals surface area contributed by atoms with Crippen LogP contribution in [0.1, 0.15) is 26.3 Å². The Balaban J connectivity index is 3.02. The third kappa shape index (κ3) is 3.27. The molecule has 0 aliphatic carbocycles. The zero-order valence-electron chi connectivity index (χ0n) is 9.23. The summed E-state index contributed by atoms with van der Waals surface area (Å²) >= 11 is 2.38. The molecule has 0 amide bonds. The van der Waals surface area contributed by atoms with Crippen molar-refractivity contribution in [2.24, 2.45) is 0 Å². The molecule has 0 spiro atoms. The summed E-state index contributed by atoms with van der Waals surface area (Å²) in [7, 11) is 1.18. The highest BCUT2D eigenvalue weighted by Gasteiger charge is 2.14. The van der Waals surface area contributed by atoms with E-state index in [1.54, 1.807) is 0 Å². The molecule has 1 rings (SSSR count). The Morgan fingerprint density at radius 2 is 2.00 bits per heavy atom. The minimum Gasteiger partial charge on any atom is -0.488 e. The van der Waals surface area contributed by atoms with Crippen LogP contribution in [0, 0.1) is 3.57 Å². The number of hydrogen-bond donors (Lipinski definition) is 0. The Labute approximate surface area is 103 Å². The fourth-order valence-electron chi connectivity index (χ4n) is 1.31. The molecule has 1 nitrogen and oxygen atoms in total. The maximum Gasteiger partial charge on any atom is 0.124 e. The van der Waals surface area contributed by atoms with Gasteiger partial charge in [0.15, 0.2) is 0 Å². The van der Waals surface area contributed by atoms with Crippen LogP contribution < -0.4 is 4.74 Å². The molecule has 1 aromatic rings. The maximum atomic E-state index is 5.92. The molecule has 14 heavy (non-hydrogen) atoms. The summed E-state index contributed by atoms with van der Waals surface area (Å²) in [6.45, 7) is 6.26. The molecular formula is C11H17IOSi. The van der Waals surface area contributed by atoms with Gasteiger partial charge in [0.2, 0.25) is 0 Å². The van der Waals surface area contributed by atoms with Crippen LogP contribution in [0.25, 0.3) is 0 Å². The van der Waals surface area contributed by atoms with Crippen molar-refractivity contribution in [3.05, 3.63) is 27.3 Å². The number of rotatable bonds is 2. The minimum atomic E-state index is -0.101. The summed E-state index contributed by atoms with van der Waals surface area (Å²) in [5, 5.41) is 0. The molecule has 0 bridgehead atoms. The fourth-order valence-corrected chi connectivity index (χ4v) is 3.61. The van der Waals surface area contributed by atoms with Crippen molar-refractivity contribution < 1.29 is 4.74 Å². The average Bonchev–Trinajstić information content (AvgIpc) is 2.01. The molecule has 0 aliphatic heterocycles. The summed E-state index contributed by atoms with van der Waals surface area (Å²) in [6, 6.07) is 7.43. The van der Waals surface area contributed by atoms with Gasteiger partial charge in [-0.3, -0.25) is 0 Å². The summed E-state index contributed by atoms with van der Waals surface area (Å²) in [6.07, 6.45) is 0. The summed E-state index contributed by atoms with van der Waals surface area (Å²) in [5.41, 5.74) is 1.27. The van der Waals surface area contributed by atoms with Crippen molar-refractivity contribution in [2.45, 2.75) is 32.4 Å². The fraction of sp³-hybridized carbons (Fsp3) is 0.455. The van der Waals surface area contributed by atoms with E-state index in [0.717, 1.165) is 11.8 Å². The quantitative estimate of drug-likeness (QED) is 0.600. The molecule has 0 heterocycles. The first-order chi connectivity index (χ1) is 6.44. The first kappa shape index (κ1) is 12.0. The predicted molar refractivity (Wildman–Crippen MR) is 73.2 cm³/mol.